The molecule has 0 N–H and O–H groups in total. The number of aryl methyl sites for hydroxylation is 1. The van der Waals surface area contributed by atoms with E-state index in [0.29, 0.717) is 24.5 Å². The third-order valence-electron chi connectivity index (χ3n) is 4.45. The molecule has 0 bridgehead atoms. The first kappa shape index (κ1) is 19.5. The van der Waals surface area contributed by atoms with Crippen LogP contribution in [0.4, 0.5) is 5.69 Å². The fourth-order valence-corrected chi connectivity index (χ4v) is 4.20. The Kier molecular flexibility index (Phi) is 5.95. The monoisotopic (exact) mass is 369 g/mol. The van der Waals surface area contributed by atoms with Gasteiger partial charge in [-0.2, -0.15) is 0 Å². The Balaban J connectivity index is 2.38. The zero-order valence-electron chi connectivity index (χ0n) is 15.5. The topological polar surface area (TPSA) is 70.2 Å². The minimum atomic E-state index is -3.67. The van der Waals surface area contributed by atoms with Crippen LogP contribution in [0.3, 0.4) is 0 Å². The molecule has 1 aliphatic heterocycles. The smallest absolute Gasteiger partial charge is 0.246 e. The van der Waals surface area contributed by atoms with Crippen molar-refractivity contribution < 1.29 is 17.9 Å². The number of amides is 1. The van der Waals surface area contributed by atoms with Crippen LogP contribution in [0, 0.1) is 6.92 Å². The lowest BCUT2D eigenvalue weighted by molar-refractivity contribution is -0.133. The summed E-state index contributed by atoms with van der Waals surface area (Å²) in [5.41, 5.74) is 1.28. The average molecular weight is 369 g/mol. The molecule has 0 spiro atoms. The maximum Gasteiger partial charge on any atom is 0.246 e. The summed E-state index contributed by atoms with van der Waals surface area (Å²) in [5, 5.41) is 0. The molecule has 2 rings (SSSR count). The summed E-state index contributed by atoms with van der Waals surface area (Å²) < 4.78 is 31.5. The average Bonchev–Trinajstić information content (AvgIpc) is 2.54. The molecule has 1 saturated heterocycles. The predicted octanol–water partition coefficient (Wildman–Crippen LogP) is 0.932. The predicted molar refractivity (Wildman–Crippen MR) is 98.6 cm³/mol. The second kappa shape index (κ2) is 7.61. The summed E-state index contributed by atoms with van der Waals surface area (Å²) in [5.74, 6) is 0.233. The maximum absolute atomic E-state index is 12.9. The van der Waals surface area contributed by atoms with Gasteiger partial charge in [0.25, 0.3) is 0 Å². The van der Waals surface area contributed by atoms with Crippen LogP contribution in [0.25, 0.3) is 0 Å². The second-order valence-electron chi connectivity index (χ2n) is 6.54. The van der Waals surface area contributed by atoms with Crippen molar-refractivity contribution in [2.45, 2.75) is 19.9 Å². The number of nitrogens with zero attached hydrogens (tertiary/aromatic N) is 3. The van der Waals surface area contributed by atoms with Crippen molar-refractivity contribution in [2.75, 3.05) is 50.9 Å². The van der Waals surface area contributed by atoms with E-state index in [1.807, 2.05) is 20.0 Å². The van der Waals surface area contributed by atoms with Crippen molar-refractivity contribution in [3.63, 3.8) is 0 Å². The molecule has 1 aromatic carbocycles. The van der Waals surface area contributed by atoms with Gasteiger partial charge in [0.1, 0.15) is 11.8 Å². The highest BCUT2D eigenvalue weighted by atomic mass is 32.2. The van der Waals surface area contributed by atoms with Crippen LogP contribution in [-0.4, -0.2) is 76.8 Å². The third kappa shape index (κ3) is 4.43. The third-order valence-corrected chi connectivity index (χ3v) is 5.68. The van der Waals surface area contributed by atoms with Gasteiger partial charge in [-0.1, -0.05) is 6.07 Å². The number of piperazine rings is 1. The van der Waals surface area contributed by atoms with Crippen LogP contribution in [0.2, 0.25) is 0 Å². The molecular formula is C17H27N3O4S. The molecule has 0 saturated carbocycles. The number of methoxy groups -OCH3 is 1. The molecule has 1 aromatic rings. The van der Waals surface area contributed by atoms with Crippen molar-refractivity contribution in [3.05, 3.63) is 23.8 Å². The number of carbonyl (C=O) groups is 1. The van der Waals surface area contributed by atoms with Gasteiger partial charge in [0.05, 0.1) is 19.1 Å². The maximum atomic E-state index is 12.9. The lowest BCUT2D eigenvalue weighted by Gasteiger charge is -2.37. The summed E-state index contributed by atoms with van der Waals surface area (Å²) in [7, 11) is -0.172. The summed E-state index contributed by atoms with van der Waals surface area (Å²) in [4.78, 5) is 16.8. The van der Waals surface area contributed by atoms with E-state index in [2.05, 4.69) is 4.90 Å². The van der Waals surface area contributed by atoms with Crippen LogP contribution >= 0.6 is 0 Å². The highest BCUT2D eigenvalue weighted by molar-refractivity contribution is 7.92. The second-order valence-corrected chi connectivity index (χ2v) is 8.40. The SMILES string of the molecule is COc1ccc(C)cc1N([C@@H](C)C(=O)N1CCN(C)CC1)S(C)(=O)=O. The first-order valence-corrected chi connectivity index (χ1v) is 10.1. The molecule has 25 heavy (non-hydrogen) atoms. The molecule has 1 aliphatic rings. The highest BCUT2D eigenvalue weighted by Gasteiger charge is 2.34. The van der Waals surface area contributed by atoms with Crippen molar-refractivity contribution in [1.82, 2.24) is 9.80 Å². The molecule has 1 heterocycles. The Morgan fingerprint density at radius 1 is 1.24 bits per heavy atom. The Morgan fingerprint density at radius 3 is 2.36 bits per heavy atom. The molecule has 0 aliphatic carbocycles. The number of hydrogen-bond acceptors (Lipinski definition) is 5. The molecule has 7 nitrogen and oxygen atoms in total. The van der Waals surface area contributed by atoms with Gasteiger partial charge in [0.2, 0.25) is 15.9 Å². The number of hydrogen-bond donors (Lipinski definition) is 0. The van der Waals surface area contributed by atoms with Gasteiger partial charge in [-0.15, -0.1) is 0 Å². The van der Waals surface area contributed by atoms with Gasteiger partial charge >= 0.3 is 0 Å². The number of benzene rings is 1. The molecule has 1 atom stereocenters. The first-order valence-electron chi connectivity index (χ1n) is 8.26. The number of rotatable bonds is 5. The van der Waals surface area contributed by atoms with E-state index in [0.717, 1.165) is 24.9 Å². The van der Waals surface area contributed by atoms with E-state index in [-0.39, 0.29) is 5.91 Å². The molecule has 140 valence electrons. The minimum absolute atomic E-state index is 0.193. The summed E-state index contributed by atoms with van der Waals surface area (Å²) in [6, 6.07) is 4.45. The summed E-state index contributed by atoms with van der Waals surface area (Å²) >= 11 is 0. The normalized spacial score (nSPS) is 17.2. The first-order chi connectivity index (χ1) is 11.6. The lowest BCUT2D eigenvalue weighted by atomic mass is 10.1. The van der Waals surface area contributed by atoms with Crippen molar-refractivity contribution in [1.29, 1.82) is 0 Å². The Hall–Kier alpha value is -1.80. The molecule has 8 heteroatoms. The van der Waals surface area contributed by atoms with E-state index >= 15 is 0 Å². The standard InChI is InChI=1S/C17H27N3O4S/c1-13-6-7-16(24-4)15(12-13)20(25(5,22)23)14(2)17(21)19-10-8-18(3)9-11-19/h6-7,12,14H,8-11H2,1-5H3/t14-/m0/s1. The number of likely N-dealkylation sites (N-methyl/N-ethyl adjacent to an activating group) is 1. The summed E-state index contributed by atoms with van der Waals surface area (Å²) in [6.45, 7) is 6.26. The molecule has 0 radical (unpaired) electrons. The van der Waals surface area contributed by atoms with Gasteiger partial charge in [0, 0.05) is 26.2 Å². The number of carbonyl (C=O) groups excluding carboxylic acids is 1. The summed E-state index contributed by atoms with van der Waals surface area (Å²) in [6.07, 6.45) is 1.11. The molecule has 1 fully saturated rings. The van der Waals surface area contributed by atoms with E-state index in [9.17, 15) is 13.2 Å². The van der Waals surface area contributed by atoms with Gasteiger partial charge in [0.15, 0.2) is 0 Å². The number of ether oxygens (including phenoxy) is 1. The van der Waals surface area contributed by atoms with Gasteiger partial charge < -0.3 is 14.5 Å². The largest absolute Gasteiger partial charge is 0.495 e. The van der Waals surface area contributed by atoms with Crippen LogP contribution in [0.5, 0.6) is 5.75 Å². The molecule has 0 unspecified atom stereocenters. The van der Waals surface area contributed by atoms with Gasteiger partial charge in [-0.3, -0.25) is 9.10 Å². The van der Waals surface area contributed by atoms with Crippen molar-refractivity contribution in [2.24, 2.45) is 0 Å². The van der Waals surface area contributed by atoms with Crippen molar-refractivity contribution in [3.8, 4) is 5.75 Å². The van der Waals surface area contributed by atoms with Crippen LogP contribution < -0.4 is 9.04 Å². The molecular weight excluding hydrogens is 342 g/mol. The zero-order chi connectivity index (χ0) is 18.8. The van der Waals surface area contributed by atoms with E-state index < -0.39 is 16.1 Å². The van der Waals surface area contributed by atoms with Gasteiger partial charge in [-0.05, 0) is 38.6 Å². The minimum Gasteiger partial charge on any atom is -0.495 e. The lowest BCUT2D eigenvalue weighted by Crippen LogP contribution is -2.54. The number of anilines is 1. The Morgan fingerprint density at radius 2 is 1.84 bits per heavy atom. The highest BCUT2D eigenvalue weighted by Crippen LogP contribution is 2.33. The molecule has 0 aromatic heterocycles. The number of sulfonamides is 1. The van der Waals surface area contributed by atoms with E-state index in [1.54, 1.807) is 24.0 Å². The van der Waals surface area contributed by atoms with E-state index in [4.69, 9.17) is 4.74 Å². The fraction of sp³-hybridized carbons (Fsp3) is 0.588. The van der Waals surface area contributed by atoms with Crippen LogP contribution in [0.15, 0.2) is 18.2 Å². The van der Waals surface area contributed by atoms with Crippen molar-refractivity contribution >= 4 is 21.6 Å². The van der Waals surface area contributed by atoms with Gasteiger partial charge in [-0.25, -0.2) is 8.42 Å². The zero-order valence-corrected chi connectivity index (χ0v) is 16.3. The van der Waals surface area contributed by atoms with Crippen LogP contribution in [-0.2, 0) is 14.8 Å². The Labute approximate surface area is 150 Å². The van der Waals surface area contributed by atoms with Crippen LogP contribution in [0.1, 0.15) is 12.5 Å². The fourth-order valence-electron chi connectivity index (χ4n) is 3.04. The van der Waals surface area contributed by atoms with E-state index in [1.165, 1.54) is 11.4 Å². The Bertz CT molecular complexity index is 727. The quantitative estimate of drug-likeness (QED) is 0.772. The molecule has 1 amide bonds.